The first-order valence-electron chi connectivity index (χ1n) is 5.88. The molecule has 0 aliphatic heterocycles. The highest BCUT2D eigenvalue weighted by atomic mass is 35.5. The Kier molecular flexibility index (Phi) is 3.99. The van der Waals surface area contributed by atoms with Gasteiger partial charge in [0.1, 0.15) is 0 Å². The molecule has 0 radical (unpaired) electrons. The van der Waals surface area contributed by atoms with Gasteiger partial charge >= 0.3 is 0 Å². The summed E-state index contributed by atoms with van der Waals surface area (Å²) in [5, 5.41) is 12.0. The summed E-state index contributed by atoms with van der Waals surface area (Å²) in [6.45, 7) is 6.69. The van der Waals surface area contributed by atoms with Crippen molar-refractivity contribution in [3.05, 3.63) is 34.7 Å². The fourth-order valence-corrected chi connectivity index (χ4v) is 1.82. The van der Waals surface area contributed by atoms with Crippen LogP contribution in [0, 0.1) is 6.92 Å². The highest BCUT2D eigenvalue weighted by Crippen LogP contribution is 2.24. The predicted octanol–water partition coefficient (Wildman–Crippen LogP) is 3.20. The maximum Gasteiger partial charge on any atom is 0.248 e. The van der Waals surface area contributed by atoms with E-state index in [-0.39, 0.29) is 0 Å². The zero-order valence-corrected chi connectivity index (χ0v) is 11.5. The van der Waals surface area contributed by atoms with Gasteiger partial charge in [-0.05, 0) is 30.7 Å². The van der Waals surface area contributed by atoms with Crippen molar-refractivity contribution in [3.63, 3.8) is 0 Å². The van der Waals surface area contributed by atoms with Crippen molar-refractivity contribution in [2.45, 2.75) is 33.4 Å². The number of rotatable bonds is 4. The molecule has 0 atom stereocenters. The molecule has 18 heavy (non-hydrogen) atoms. The van der Waals surface area contributed by atoms with Gasteiger partial charge in [0.05, 0.1) is 6.54 Å². The predicted molar refractivity (Wildman–Crippen MR) is 71.5 cm³/mol. The van der Waals surface area contributed by atoms with Gasteiger partial charge in [-0.1, -0.05) is 25.4 Å². The largest absolute Gasteiger partial charge is 0.419 e. The maximum atomic E-state index is 5.92. The summed E-state index contributed by atoms with van der Waals surface area (Å²) in [4.78, 5) is 0. The number of aryl methyl sites for hydroxylation is 1. The lowest BCUT2D eigenvalue weighted by Crippen LogP contribution is -2.21. The molecule has 4 nitrogen and oxygen atoms in total. The molecular weight excluding hydrogens is 250 g/mol. The van der Waals surface area contributed by atoms with Crippen LogP contribution in [-0.4, -0.2) is 16.2 Å². The van der Waals surface area contributed by atoms with Crippen molar-refractivity contribution in [3.8, 4) is 11.5 Å². The molecule has 1 N–H and O–H groups in total. The van der Waals surface area contributed by atoms with Crippen LogP contribution < -0.4 is 5.32 Å². The number of halogens is 1. The average Bonchev–Trinajstić information content (AvgIpc) is 2.75. The third-order valence-corrected chi connectivity index (χ3v) is 2.78. The topological polar surface area (TPSA) is 51.0 Å². The Morgan fingerprint density at radius 2 is 2.11 bits per heavy atom. The van der Waals surface area contributed by atoms with Crippen LogP contribution in [0.5, 0.6) is 0 Å². The fourth-order valence-electron chi connectivity index (χ4n) is 1.59. The molecule has 0 fully saturated rings. The molecule has 0 spiro atoms. The molecule has 0 saturated carbocycles. The van der Waals surface area contributed by atoms with Crippen LogP contribution in [0.1, 0.15) is 25.3 Å². The maximum absolute atomic E-state index is 5.92. The van der Waals surface area contributed by atoms with Gasteiger partial charge in [0.25, 0.3) is 0 Å². The van der Waals surface area contributed by atoms with E-state index in [1.807, 2.05) is 25.1 Å². The zero-order chi connectivity index (χ0) is 13.1. The number of hydrogen-bond donors (Lipinski definition) is 1. The molecule has 0 bridgehead atoms. The van der Waals surface area contributed by atoms with E-state index in [1.165, 1.54) is 0 Å². The molecule has 0 amide bonds. The van der Waals surface area contributed by atoms with Crippen molar-refractivity contribution in [2.24, 2.45) is 0 Å². The van der Waals surface area contributed by atoms with Gasteiger partial charge in [-0.3, -0.25) is 0 Å². The van der Waals surface area contributed by atoms with E-state index in [1.54, 1.807) is 0 Å². The van der Waals surface area contributed by atoms with E-state index >= 15 is 0 Å². The van der Waals surface area contributed by atoms with E-state index in [0.717, 1.165) is 11.1 Å². The average molecular weight is 266 g/mol. The Bertz CT molecular complexity index is 537. The zero-order valence-electron chi connectivity index (χ0n) is 10.7. The second kappa shape index (κ2) is 5.50. The SMILES string of the molecule is Cc1cc(Cl)ccc1-c1nnc(CNC(C)C)o1. The lowest BCUT2D eigenvalue weighted by atomic mass is 10.1. The summed E-state index contributed by atoms with van der Waals surface area (Å²) in [6, 6.07) is 5.98. The van der Waals surface area contributed by atoms with Crippen LogP contribution in [-0.2, 0) is 6.54 Å². The minimum absolute atomic E-state index is 0.387. The Labute approximate surface area is 111 Å². The minimum atomic E-state index is 0.387. The molecule has 0 unspecified atom stereocenters. The van der Waals surface area contributed by atoms with Gasteiger partial charge < -0.3 is 9.73 Å². The summed E-state index contributed by atoms with van der Waals surface area (Å²) < 4.78 is 5.61. The first kappa shape index (κ1) is 13.1. The molecule has 2 rings (SSSR count). The van der Waals surface area contributed by atoms with Gasteiger partial charge in [0.15, 0.2) is 0 Å². The molecule has 2 aromatic rings. The Morgan fingerprint density at radius 1 is 1.33 bits per heavy atom. The van der Waals surface area contributed by atoms with Crippen LogP contribution in [0.2, 0.25) is 5.02 Å². The first-order valence-corrected chi connectivity index (χ1v) is 6.26. The van der Waals surface area contributed by atoms with E-state index in [2.05, 4.69) is 29.4 Å². The second-order valence-corrected chi connectivity index (χ2v) is 4.93. The summed E-state index contributed by atoms with van der Waals surface area (Å²) in [5.41, 5.74) is 1.94. The Balaban J connectivity index is 2.18. The summed E-state index contributed by atoms with van der Waals surface area (Å²) in [6.07, 6.45) is 0. The van der Waals surface area contributed by atoms with E-state index in [4.69, 9.17) is 16.0 Å². The normalized spacial score (nSPS) is 11.2. The van der Waals surface area contributed by atoms with Crippen molar-refractivity contribution >= 4 is 11.6 Å². The molecule has 0 aliphatic carbocycles. The summed E-state index contributed by atoms with van der Waals surface area (Å²) in [7, 11) is 0. The van der Waals surface area contributed by atoms with Gasteiger partial charge in [-0.25, -0.2) is 0 Å². The fraction of sp³-hybridized carbons (Fsp3) is 0.385. The lowest BCUT2D eigenvalue weighted by molar-refractivity contribution is 0.458. The number of aromatic nitrogens is 2. The number of benzene rings is 1. The quantitative estimate of drug-likeness (QED) is 0.922. The van der Waals surface area contributed by atoms with Crippen LogP contribution in [0.15, 0.2) is 22.6 Å². The van der Waals surface area contributed by atoms with Crippen molar-refractivity contribution in [1.82, 2.24) is 15.5 Å². The van der Waals surface area contributed by atoms with Crippen LogP contribution in [0.3, 0.4) is 0 Å². The molecule has 5 heteroatoms. The second-order valence-electron chi connectivity index (χ2n) is 4.50. The third-order valence-electron chi connectivity index (χ3n) is 2.55. The number of nitrogens with one attached hydrogen (secondary N) is 1. The molecular formula is C13H16ClN3O. The van der Waals surface area contributed by atoms with Crippen molar-refractivity contribution < 1.29 is 4.42 Å². The van der Waals surface area contributed by atoms with Gasteiger partial charge in [-0.15, -0.1) is 10.2 Å². The van der Waals surface area contributed by atoms with Gasteiger partial charge in [0.2, 0.25) is 11.8 Å². The Hall–Kier alpha value is -1.39. The molecule has 96 valence electrons. The molecule has 1 aromatic carbocycles. The highest BCUT2D eigenvalue weighted by Gasteiger charge is 2.11. The van der Waals surface area contributed by atoms with Crippen molar-refractivity contribution in [1.29, 1.82) is 0 Å². The summed E-state index contributed by atoms with van der Waals surface area (Å²) in [5.74, 6) is 1.12. The standard InChI is InChI=1S/C13H16ClN3O/c1-8(2)15-7-12-16-17-13(18-12)11-5-4-10(14)6-9(11)3/h4-6,8,15H,7H2,1-3H3. The molecule has 0 aliphatic rings. The van der Waals surface area contributed by atoms with Gasteiger partial charge in [-0.2, -0.15) is 0 Å². The van der Waals surface area contributed by atoms with Crippen molar-refractivity contribution in [2.75, 3.05) is 0 Å². The number of nitrogens with zero attached hydrogens (tertiary/aromatic N) is 2. The number of hydrogen-bond acceptors (Lipinski definition) is 4. The molecule has 1 aromatic heterocycles. The Morgan fingerprint density at radius 3 is 2.78 bits per heavy atom. The summed E-state index contributed by atoms with van der Waals surface area (Å²) >= 11 is 5.92. The van der Waals surface area contributed by atoms with E-state index < -0.39 is 0 Å². The molecule has 0 saturated heterocycles. The van der Waals surface area contributed by atoms with Crippen LogP contribution in [0.25, 0.3) is 11.5 Å². The molecule has 1 heterocycles. The third kappa shape index (κ3) is 3.09. The highest BCUT2D eigenvalue weighted by molar-refractivity contribution is 6.30. The van der Waals surface area contributed by atoms with Crippen LogP contribution in [0.4, 0.5) is 0 Å². The van der Waals surface area contributed by atoms with Gasteiger partial charge in [0, 0.05) is 16.6 Å². The van der Waals surface area contributed by atoms with Crippen LogP contribution >= 0.6 is 11.6 Å². The smallest absolute Gasteiger partial charge is 0.248 e. The lowest BCUT2D eigenvalue weighted by Gasteiger charge is -2.03. The minimum Gasteiger partial charge on any atom is -0.419 e. The first-order chi connectivity index (χ1) is 8.56. The monoisotopic (exact) mass is 265 g/mol. The van der Waals surface area contributed by atoms with E-state index in [9.17, 15) is 0 Å². The van der Waals surface area contributed by atoms with E-state index in [0.29, 0.717) is 29.4 Å².